The van der Waals surface area contributed by atoms with E-state index in [0.29, 0.717) is 6.54 Å². The smallest absolute Gasteiger partial charge is 0.310 e. The van der Waals surface area contributed by atoms with Crippen LogP contribution in [-0.4, -0.2) is 22.6 Å². The zero-order valence-corrected chi connectivity index (χ0v) is 11.9. The van der Waals surface area contributed by atoms with Crippen LogP contribution < -0.4 is 0 Å². The van der Waals surface area contributed by atoms with Crippen molar-refractivity contribution in [3.63, 3.8) is 0 Å². The largest absolute Gasteiger partial charge is 0.469 e. The Morgan fingerprint density at radius 2 is 2.37 bits per heavy atom. The van der Waals surface area contributed by atoms with E-state index in [2.05, 4.69) is 28.6 Å². The highest BCUT2D eigenvalue weighted by Crippen LogP contribution is 2.31. The van der Waals surface area contributed by atoms with Crippen molar-refractivity contribution in [3.05, 3.63) is 28.9 Å². The summed E-state index contributed by atoms with van der Waals surface area (Å²) in [5.41, 5.74) is 1.21. The van der Waals surface area contributed by atoms with Crippen molar-refractivity contribution in [1.29, 1.82) is 0 Å². The molecule has 4 nitrogen and oxygen atoms in total. The Hall–Kier alpha value is -1.62. The van der Waals surface area contributed by atoms with Gasteiger partial charge in [0.2, 0.25) is 0 Å². The Labute approximate surface area is 116 Å². The average Bonchev–Trinajstić information content (AvgIpc) is 3.02. The SMILES string of the molecule is COC(=O)C1CCc2cnc(-c3ccc(C)s3)n2C1. The summed E-state index contributed by atoms with van der Waals surface area (Å²) in [4.78, 5) is 18.7. The van der Waals surface area contributed by atoms with Crippen LogP contribution >= 0.6 is 11.3 Å². The van der Waals surface area contributed by atoms with Crippen molar-refractivity contribution in [2.24, 2.45) is 5.92 Å². The van der Waals surface area contributed by atoms with Gasteiger partial charge in [0.1, 0.15) is 5.82 Å². The summed E-state index contributed by atoms with van der Waals surface area (Å²) in [6.45, 7) is 2.76. The second-order valence-corrected chi connectivity index (χ2v) is 6.14. The number of hydrogen-bond acceptors (Lipinski definition) is 4. The fourth-order valence-electron chi connectivity index (χ4n) is 2.56. The first-order valence-electron chi connectivity index (χ1n) is 6.38. The number of aromatic nitrogens is 2. The molecule has 0 aliphatic carbocycles. The summed E-state index contributed by atoms with van der Waals surface area (Å²) in [5.74, 6) is 0.806. The zero-order chi connectivity index (χ0) is 13.4. The molecule has 0 saturated carbocycles. The first-order valence-corrected chi connectivity index (χ1v) is 7.19. The topological polar surface area (TPSA) is 44.1 Å². The van der Waals surface area contributed by atoms with Crippen LogP contribution in [0.2, 0.25) is 0 Å². The molecule has 0 saturated heterocycles. The van der Waals surface area contributed by atoms with E-state index >= 15 is 0 Å². The molecule has 0 radical (unpaired) electrons. The third-order valence-corrected chi connectivity index (χ3v) is 4.58. The molecule has 2 aromatic heterocycles. The maximum absolute atomic E-state index is 11.7. The van der Waals surface area contributed by atoms with Crippen LogP contribution in [0.1, 0.15) is 17.0 Å². The van der Waals surface area contributed by atoms with Crippen molar-refractivity contribution in [2.45, 2.75) is 26.3 Å². The molecule has 0 spiro atoms. The van der Waals surface area contributed by atoms with E-state index in [0.717, 1.165) is 23.5 Å². The van der Waals surface area contributed by atoms with Crippen LogP contribution in [0.5, 0.6) is 0 Å². The molecule has 5 heteroatoms. The van der Waals surface area contributed by atoms with Crippen LogP contribution in [0.25, 0.3) is 10.7 Å². The molecule has 1 atom stereocenters. The van der Waals surface area contributed by atoms with Gasteiger partial charge in [-0.3, -0.25) is 4.79 Å². The minimum atomic E-state index is -0.118. The Morgan fingerprint density at radius 1 is 1.53 bits per heavy atom. The van der Waals surface area contributed by atoms with Gasteiger partial charge in [-0.25, -0.2) is 4.98 Å². The van der Waals surface area contributed by atoms with Crippen molar-refractivity contribution in [2.75, 3.05) is 7.11 Å². The van der Waals surface area contributed by atoms with E-state index in [4.69, 9.17) is 4.74 Å². The predicted octanol–water partition coefficient (Wildman–Crippen LogP) is 2.66. The summed E-state index contributed by atoms with van der Waals surface area (Å²) in [6, 6.07) is 4.19. The Kier molecular flexibility index (Phi) is 3.14. The van der Waals surface area contributed by atoms with Gasteiger partial charge in [-0.15, -0.1) is 11.3 Å². The summed E-state index contributed by atoms with van der Waals surface area (Å²) in [7, 11) is 1.45. The zero-order valence-electron chi connectivity index (χ0n) is 11.0. The van der Waals surface area contributed by atoms with Crippen molar-refractivity contribution < 1.29 is 9.53 Å². The normalized spacial score (nSPS) is 18.1. The number of rotatable bonds is 2. The van der Waals surface area contributed by atoms with Gasteiger partial charge in [-0.2, -0.15) is 0 Å². The number of esters is 1. The van der Waals surface area contributed by atoms with Gasteiger partial charge in [0.25, 0.3) is 0 Å². The molecular formula is C14H16N2O2S. The van der Waals surface area contributed by atoms with Crippen molar-refractivity contribution in [1.82, 2.24) is 9.55 Å². The minimum Gasteiger partial charge on any atom is -0.469 e. The fraction of sp³-hybridized carbons (Fsp3) is 0.429. The summed E-state index contributed by atoms with van der Waals surface area (Å²) >= 11 is 1.73. The third-order valence-electron chi connectivity index (χ3n) is 3.59. The lowest BCUT2D eigenvalue weighted by Crippen LogP contribution is -2.27. The van der Waals surface area contributed by atoms with Gasteiger partial charge in [0.15, 0.2) is 0 Å². The molecule has 1 aliphatic heterocycles. The number of ether oxygens (including phenoxy) is 1. The highest BCUT2D eigenvalue weighted by molar-refractivity contribution is 7.15. The van der Waals surface area contributed by atoms with Crippen molar-refractivity contribution >= 4 is 17.3 Å². The number of nitrogens with zero attached hydrogens (tertiary/aromatic N) is 2. The number of carbonyl (C=O) groups excluding carboxylic acids is 1. The lowest BCUT2D eigenvalue weighted by atomic mass is 9.98. The van der Waals surface area contributed by atoms with Gasteiger partial charge in [0.05, 0.1) is 17.9 Å². The number of fused-ring (bicyclic) bond motifs is 1. The standard InChI is InChI=1S/C14H16N2O2S/c1-9-3-6-12(19-9)13-15-7-11-5-4-10(8-16(11)13)14(17)18-2/h3,6-7,10H,4-5,8H2,1-2H3. The highest BCUT2D eigenvalue weighted by Gasteiger charge is 2.27. The molecule has 0 aromatic carbocycles. The lowest BCUT2D eigenvalue weighted by molar-refractivity contribution is -0.146. The van der Waals surface area contributed by atoms with E-state index in [1.807, 2.05) is 6.20 Å². The molecule has 0 bridgehead atoms. The van der Waals surface area contributed by atoms with Gasteiger partial charge in [0, 0.05) is 23.3 Å². The maximum Gasteiger partial charge on any atom is 0.310 e. The second-order valence-electron chi connectivity index (χ2n) is 4.85. The number of aryl methyl sites for hydroxylation is 2. The predicted molar refractivity (Wildman–Crippen MR) is 74.1 cm³/mol. The first-order chi connectivity index (χ1) is 9.19. The molecule has 19 heavy (non-hydrogen) atoms. The quantitative estimate of drug-likeness (QED) is 0.792. The van der Waals surface area contributed by atoms with E-state index < -0.39 is 0 Å². The van der Waals surface area contributed by atoms with Gasteiger partial charge in [-0.05, 0) is 31.9 Å². The molecule has 3 rings (SSSR count). The molecule has 1 unspecified atom stereocenters. The monoisotopic (exact) mass is 276 g/mol. The van der Waals surface area contributed by atoms with Crippen LogP contribution in [0, 0.1) is 12.8 Å². The molecule has 0 amide bonds. The van der Waals surface area contributed by atoms with Crippen LogP contribution in [0.15, 0.2) is 18.3 Å². The first kappa shape index (κ1) is 12.4. The number of carbonyl (C=O) groups is 1. The molecule has 1 aliphatic rings. The van der Waals surface area contributed by atoms with Crippen LogP contribution in [-0.2, 0) is 22.5 Å². The molecule has 0 N–H and O–H groups in total. The van der Waals surface area contributed by atoms with E-state index in [1.54, 1.807) is 11.3 Å². The summed E-state index contributed by atoms with van der Waals surface area (Å²) in [5, 5.41) is 0. The van der Waals surface area contributed by atoms with Crippen LogP contribution in [0.4, 0.5) is 0 Å². The fourth-order valence-corrected chi connectivity index (χ4v) is 3.43. The minimum absolute atomic E-state index is 0.0495. The number of imidazole rings is 1. The number of methoxy groups -OCH3 is 1. The second kappa shape index (κ2) is 4.81. The van der Waals surface area contributed by atoms with E-state index in [1.165, 1.54) is 17.7 Å². The Balaban J connectivity index is 1.94. The van der Waals surface area contributed by atoms with Gasteiger partial charge in [-0.1, -0.05) is 0 Å². The van der Waals surface area contributed by atoms with E-state index in [9.17, 15) is 4.79 Å². The van der Waals surface area contributed by atoms with Crippen molar-refractivity contribution in [3.8, 4) is 10.7 Å². The van der Waals surface area contributed by atoms with Gasteiger partial charge < -0.3 is 9.30 Å². The third kappa shape index (κ3) is 2.18. The lowest BCUT2D eigenvalue weighted by Gasteiger charge is -2.23. The molecule has 0 fully saturated rings. The number of thiophene rings is 1. The average molecular weight is 276 g/mol. The molecule has 100 valence electrons. The maximum atomic E-state index is 11.7. The summed E-state index contributed by atoms with van der Waals surface area (Å²) in [6.07, 6.45) is 3.66. The molecule has 3 heterocycles. The summed E-state index contributed by atoms with van der Waals surface area (Å²) < 4.78 is 7.02. The highest BCUT2D eigenvalue weighted by atomic mass is 32.1. The Bertz CT molecular complexity index is 615. The van der Waals surface area contributed by atoms with E-state index in [-0.39, 0.29) is 11.9 Å². The Morgan fingerprint density at radius 3 is 3.05 bits per heavy atom. The van der Waals surface area contributed by atoms with Gasteiger partial charge >= 0.3 is 5.97 Å². The molecule has 2 aromatic rings. The molecular weight excluding hydrogens is 260 g/mol. The van der Waals surface area contributed by atoms with Crippen LogP contribution in [0.3, 0.4) is 0 Å². The number of hydrogen-bond donors (Lipinski definition) is 0.